The molecule has 2 aliphatic heterocycles. The number of nitrogens with zero attached hydrogens (tertiary/aromatic N) is 4. The van der Waals surface area contributed by atoms with Gasteiger partial charge in [0.25, 0.3) is 0 Å². The Morgan fingerprint density at radius 2 is 2.18 bits per heavy atom. The van der Waals surface area contributed by atoms with Gasteiger partial charge in [0.1, 0.15) is 18.0 Å². The summed E-state index contributed by atoms with van der Waals surface area (Å²) in [4.78, 5) is 14.9. The molecule has 22 heavy (non-hydrogen) atoms. The number of fused-ring (bicyclic) bond motifs is 1. The van der Waals surface area contributed by atoms with Gasteiger partial charge in [0, 0.05) is 30.6 Å². The van der Waals surface area contributed by atoms with Gasteiger partial charge in [-0.2, -0.15) is 0 Å². The molecule has 2 aliphatic rings. The average Bonchev–Trinajstić information content (AvgIpc) is 3.23. The maximum atomic E-state index is 9.51. The molecule has 4 rings (SSSR count). The van der Waals surface area contributed by atoms with E-state index in [2.05, 4.69) is 37.3 Å². The Balaban J connectivity index is 1.57. The highest BCUT2D eigenvalue weighted by atomic mass is 32.1. The number of aliphatic hydroxyl groups is 1. The molecule has 1 atom stereocenters. The van der Waals surface area contributed by atoms with E-state index in [4.69, 9.17) is 0 Å². The first-order valence-electron chi connectivity index (χ1n) is 7.85. The minimum absolute atomic E-state index is 0.196. The lowest BCUT2D eigenvalue weighted by atomic mass is 10.1. The van der Waals surface area contributed by atoms with Crippen LogP contribution in [0.2, 0.25) is 0 Å². The summed E-state index contributed by atoms with van der Waals surface area (Å²) in [5, 5.41) is 11.7. The van der Waals surface area contributed by atoms with Gasteiger partial charge in [-0.1, -0.05) is 0 Å². The van der Waals surface area contributed by atoms with E-state index in [0.29, 0.717) is 0 Å². The van der Waals surface area contributed by atoms with Crippen LogP contribution < -0.4 is 9.80 Å². The number of hydrogen-bond donors (Lipinski definition) is 1. The van der Waals surface area contributed by atoms with E-state index < -0.39 is 0 Å². The number of hydrogen-bond acceptors (Lipinski definition) is 6. The zero-order valence-corrected chi connectivity index (χ0v) is 13.3. The van der Waals surface area contributed by atoms with Crippen molar-refractivity contribution in [3.63, 3.8) is 0 Å². The minimum Gasteiger partial charge on any atom is -0.394 e. The fourth-order valence-corrected chi connectivity index (χ4v) is 4.33. The molecule has 1 fully saturated rings. The summed E-state index contributed by atoms with van der Waals surface area (Å²) >= 11 is 1.85. The van der Waals surface area contributed by atoms with E-state index in [-0.39, 0.29) is 12.6 Å². The summed E-state index contributed by atoms with van der Waals surface area (Å²) < 4.78 is 0. The van der Waals surface area contributed by atoms with Crippen molar-refractivity contribution in [3.05, 3.63) is 34.3 Å². The first-order chi connectivity index (χ1) is 10.8. The number of aromatic nitrogens is 2. The van der Waals surface area contributed by atoms with Crippen molar-refractivity contribution in [2.45, 2.75) is 31.8 Å². The third-order valence-electron chi connectivity index (χ3n) is 4.65. The summed E-state index contributed by atoms with van der Waals surface area (Å²) in [6, 6.07) is 4.49. The maximum Gasteiger partial charge on any atom is 0.134 e. The second-order valence-corrected chi connectivity index (χ2v) is 6.95. The van der Waals surface area contributed by atoms with Crippen LogP contribution in [-0.4, -0.2) is 40.8 Å². The van der Waals surface area contributed by atoms with Crippen molar-refractivity contribution in [2.75, 3.05) is 29.5 Å². The zero-order valence-electron chi connectivity index (χ0n) is 12.5. The number of thiophene rings is 1. The van der Waals surface area contributed by atoms with Crippen LogP contribution in [0.4, 0.5) is 11.6 Å². The molecule has 0 bridgehead atoms. The Morgan fingerprint density at radius 1 is 1.27 bits per heavy atom. The molecule has 1 N–H and O–H groups in total. The van der Waals surface area contributed by atoms with Gasteiger partial charge in [0.05, 0.1) is 12.6 Å². The molecule has 6 heteroatoms. The Labute approximate surface area is 134 Å². The van der Waals surface area contributed by atoms with Gasteiger partial charge in [-0.3, -0.25) is 0 Å². The topological polar surface area (TPSA) is 52.5 Å². The summed E-state index contributed by atoms with van der Waals surface area (Å²) in [7, 11) is 0. The van der Waals surface area contributed by atoms with Crippen LogP contribution in [0.3, 0.4) is 0 Å². The van der Waals surface area contributed by atoms with Gasteiger partial charge < -0.3 is 14.9 Å². The number of anilines is 2. The van der Waals surface area contributed by atoms with Crippen molar-refractivity contribution in [1.29, 1.82) is 0 Å². The second kappa shape index (κ2) is 5.85. The lowest BCUT2D eigenvalue weighted by Gasteiger charge is -2.29. The van der Waals surface area contributed by atoms with Crippen LogP contribution in [0.25, 0.3) is 0 Å². The monoisotopic (exact) mass is 316 g/mol. The SMILES string of the molecule is OC[C@H]1CCCN1c1cc(N2CCc3sccc3C2)ncn1. The molecule has 1 saturated heterocycles. The standard InChI is InChI=1S/C16H20N4OS/c21-10-13-2-1-5-20(13)16-8-15(17-11-18-16)19-6-3-14-12(9-19)4-7-22-14/h4,7-8,11,13,21H,1-3,5-6,9-10H2/t13-/m1/s1. The van der Waals surface area contributed by atoms with Gasteiger partial charge >= 0.3 is 0 Å². The largest absolute Gasteiger partial charge is 0.394 e. The molecule has 0 amide bonds. The van der Waals surface area contributed by atoms with Crippen molar-refractivity contribution in [1.82, 2.24) is 9.97 Å². The van der Waals surface area contributed by atoms with Crippen molar-refractivity contribution in [3.8, 4) is 0 Å². The van der Waals surface area contributed by atoms with E-state index in [9.17, 15) is 5.11 Å². The fraction of sp³-hybridized carbons (Fsp3) is 0.500. The Hall–Kier alpha value is -1.66. The minimum atomic E-state index is 0.196. The summed E-state index contributed by atoms with van der Waals surface area (Å²) in [6.07, 6.45) is 4.90. The third-order valence-corrected chi connectivity index (χ3v) is 5.68. The van der Waals surface area contributed by atoms with Gasteiger partial charge in [-0.15, -0.1) is 11.3 Å². The summed E-state index contributed by atoms with van der Waals surface area (Å²) in [5.41, 5.74) is 1.42. The molecule has 2 aromatic rings. The van der Waals surface area contributed by atoms with E-state index >= 15 is 0 Å². The Morgan fingerprint density at radius 3 is 3.09 bits per heavy atom. The Kier molecular flexibility index (Phi) is 3.72. The van der Waals surface area contributed by atoms with Gasteiger partial charge in [-0.05, 0) is 36.3 Å². The quantitative estimate of drug-likeness (QED) is 0.939. The van der Waals surface area contributed by atoms with Gasteiger partial charge in [0.2, 0.25) is 0 Å². The third kappa shape index (κ3) is 2.46. The first-order valence-corrected chi connectivity index (χ1v) is 8.73. The molecule has 0 radical (unpaired) electrons. The van der Waals surface area contributed by atoms with Gasteiger partial charge in [-0.25, -0.2) is 9.97 Å². The van der Waals surface area contributed by atoms with Crippen molar-refractivity contribution < 1.29 is 5.11 Å². The molecular weight excluding hydrogens is 296 g/mol. The average molecular weight is 316 g/mol. The molecule has 0 unspecified atom stereocenters. The maximum absolute atomic E-state index is 9.51. The van der Waals surface area contributed by atoms with Crippen molar-refractivity contribution >= 4 is 23.0 Å². The molecule has 5 nitrogen and oxygen atoms in total. The van der Waals surface area contributed by atoms with Crippen molar-refractivity contribution in [2.24, 2.45) is 0 Å². The van der Waals surface area contributed by atoms with Crippen LogP contribution >= 0.6 is 11.3 Å². The summed E-state index contributed by atoms with van der Waals surface area (Å²) in [6.45, 7) is 3.10. The molecule has 2 aromatic heterocycles. The molecule has 4 heterocycles. The highest BCUT2D eigenvalue weighted by Crippen LogP contribution is 2.29. The predicted molar refractivity (Wildman–Crippen MR) is 88.6 cm³/mol. The van der Waals surface area contributed by atoms with E-state index in [0.717, 1.165) is 50.5 Å². The van der Waals surface area contributed by atoms with Crippen LogP contribution in [0.5, 0.6) is 0 Å². The highest BCUT2D eigenvalue weighted by Gasteiger charge is 2.26. The Bertz CT molecular complexity index is 659. The van der Waals surface area contributed by atoms with Crippen LogP contribution in [0.15, 0.2) is 23.8 Å². The lowest BCUT2D eigenvalue weighted by Crippen LogP contribution is -2.34. The van der Waals surface area contributed by atoms with E-state index in [1.807, 2.05) is 11.3 Å². The second-order valence-electron chi connectivity index (χ2n) is 5.95. The smallest absolute Gasteiger partial charge is 0.134 e. The van der Waals surface area contributed by atoms with Gasteiger partial charge in [0.15, 0.2) is 0 Å². The van der Waals surface area contributed by atoms with Crippen LogP contribution in [0, 0.1) is 0 Å². The number of aliphatic hydroxyl groups excluding tert-OH is 1. The van der Waals surface area contributed by atoms with Crippen LogP contribution in [-0.2, 0) is 13.0 Å². The molecular formula is C16H20N4OS. The zero-order chi connectivity index (χ0) is 14.9. The molecule has 0 saturated carbocycles. The predicted octanol–water partition coefficient (Wildman–Crippen LogP) is 2.06. The molecule has 0 aliphatic carbocycles. The molecule has 0 spiro atoms. The molecule has 0 aromatic carbocycles. The van der Waals surface area contributed by atoms with E-state index in [1.54, 1.807) is 6.33 Å². The first kappa shape index (κ1) is 14.0. The lowest BCUT2D eigenvalue weighted by molar-refractivity contribution is 0.266. The van der Waals surface area contributed by atoms with E-state index in [1.165, 1.54) is 10.4 Å². The van der Waals surface area contributed by atoms with Crippen LogP contribution in [0.1, 0.15) is 23.3 Å². The normalized spacial score (nSPS) is 21.2. The fourth-order valence-electron chi connectivity index (χ4n) is 3.44. The number of rotatable bonds is 3. The summed E-state index contributed by atoms with van der Waals surface area (Å²) in [5.74, 6) is 1.93. The highest BCUT2D eigenvalue weighted by molar-refractivity contribution is 7.10. The molecule has 116 valence electrons.